The van der Waals surface area contributed by atoms with Crippen molar-refractivity contribution in [3.05, 3.63) is 0 Å². The number of unbranched alkanes of at least 4 members (excludes halogenated alkanes) is 6. The van der Waals surface area contributed by atoms with Gasteiger partial charge < -0.3 is 10.4 Å². The van der Waals surface area contributed by atoms with Gasteiger partial charge in [0.1, 0.15) is 6.04 Å². The van der Waals surface area contributed by atoms with E-state index in [1.165, 1.54) is 32.1 Å². The van der Waals surface area contributed by atoms with Crippen LogP contribution in [0.2, 0.25) is 0 Å². The molecule has 0 radical (unpaired) electrons. The lowest BCUT2D eigenvalue weighted by atomic mass is 10.1. The van der Waals surface area contributed by atoms with Crippen molar-refractivity contribution in [2.75, 3.05) is 0 Å². The lowest BCUT2D eigenvalue weighted by molar-refractivity contribution is -0.141. The predicted molar refractivity (Wildman–Crippen MR) is 72.5 cm³/mol. The topological polar surface area (TPSA) is 66.4 Å². The molecule has 0 fully saturated rings. The smallest absolute Gasteiger partial charge is 0.326 e. The number of carbonyl (C=O) groups is 2. The molecule has 0 aliphatic carbocycles. The molecule has 0 aromatic rings. The van der Waals surface area contributed by atoms with Gasteiger partial charge in [0.25, 0.3) is 0 Å². The van der Waals surface area contributed by atoms with Crippen LogP contribution < -0.4 is 5.32 Å². The van der Waals surface area contributed by atoms with E-state index in [9.17, 15) is 9.59 Å². The van der Waals surface area contributed by atoms with Gasteiger partial charge in [-0.3, -0.25) is 4.79 Å². The van der Waals surface area contributed by atoms with Gasteiger partial charge in [0.05, 0.1) is 0 Å². The zero-order valence-electron chi connectivity index (χ0n) is 11.7. The second-order valence-corrected chi connectivity index (χ2v) is 4.74. The van der Waals surface area contributed by atoms with E-state index in [0.29, 0.717) is 12.8 Å². The van der Waals surface area contributed by atoms with Crippen molar-refractivity contribution < 1.29 is 14.7 Å². The summed E-state index contributed by atoms with van der Waals surface area (Å²) in [5, 5.41) is 11.3. The molecule has 0 spiro atoms. The Morgan fingerprint density at radius 2 is 1.56 bits per heavy atom. The summed E-state index contributed by atoms with van der Waals surface area (Å²) in [6.07, 6.45) is 9.00. The van der Waals surface area contributed by atoms with Crippen LogP contribution in [-0.2, 0) is 9.59 Å². The van der Waals surface area contributed by atoms with E-state index in [2.05, 4.69) is 12.2 Å². The Morgan fingerprint density at radius 1 is 1.00 bits per heavy atom. The lowest BCUT2D eigenvalue weighted by Gasteiger charge is -2.11. The number of rotatable bonds is 11. The molecule has 0 heterocycles. The van der Waals surface area contributed by atoms with Crippen LogP contribution in [0.3, 0.4) is 0 Å². The van der Waals surface area contributed by atoms with Crippen LogP contribution in [0, 0.1) is 0 Å². The van der Waals surface area contributed by atoms with E-state index in [1.807, 2.05) is 0 Å². The number of hydrogen-bond acceptors (Lipinski definition) is 2. The first-order chi connectivity index (χ1) is 8.61. The maximum absolute atomic E-state index is 11.5. The Kier molecular flexibility index (Phi) is 10.4. The second-order valence-electron chi connectivity index (χ2n) is 4.74. The molecule has 0 aromatic heterocycles. The van der Waals surface area contributed by atoms with E-state index in [0.717, 1.165) is 12.8 Å². The van der Waals surface area contributed by atoms with Crippen molar-refractivity contribution >= 4 is 11.9 Å². The van der Waals surface area contributed by atoms with Gasteiger partial charge in [-0.2, -0.15) is 0 Å². The van der Waals surface area contributed by atoms with E-state index in [4.69, 9.17) is 5.11 Å². The van der Waals surface area contributed by atoms with Crippen molar-refractivity contribution in [1.82, 2.24) is 5.32 Å². The SMILES string of the molecule is CCCCCCCCCC(=O)NC(CC)C(=O)O. The quantitative estimate of drug-likeness (QED) is 0.559. The molecule has 18 heavy (non-hydrogen) atoms. The number of amides is 1. The summed E-state index contributed by atoms with van der Waals surface area (Å²) in [5.41, 5.74) is 0. The molecule has 2 N–H and O–H groups in total. The highest BCUT2D eigenvalue weighted by atomic mass is 16.4. The van der Waals surface area contributed by atoms with Gasteiger partial charge in [0.2, 0.25) is 5.91 Å². The minimum atomic E-state index is -0.953. The molecule has 0 aromatic carbocycles. The van der Waals surface area contributed by atoms with E-state index >= 15 is 0 Å². The first-order valence-electron chi connectivity index (χ1n) is 7.14. The fourth-order valence-electron chi connectivity index (χ4n) is 1.85. The zero-order chi connectivity index (χ0) is 13.8. The molecule has 0 bridgehead atoms. The molecule has 1 unspecified atom stereocenters. The predicted octanol–water partition coefficient (Wildman–Crippen LogP) is 3.11. The molecule has 0 rings (SSSR count). The summed E-state index contributed by atoms with van der Waals surface area (Å²) in [7, 11) is 0. The van der Waals surface area contributed by atoms with E-state index < -0.39 is 12.0 Å². The number of nitrogens with one attached hydrogen (secondary N) is 1. The van der Waals surface area contributed by atoms with Gasteiger partial charge in [-0.1, -0.05) is 52.4 Å². The van der Waals surface area contributed by atoms with Crippen molar-refractivity contribution in [2.24, 2.45) is 0 Å². The Morgan fingerprint density at radius 3 is 2.06 bits per heavy atom. The number of carboxylic acids is 1. The van der Waals surface area contributed by atoms with Gasteiger partial charge in [-0.05, 0) is 12.8 Å². The first kappa shape index (κ1) is 16.9. The van der Waals surface area contributed by atoms with E-state index in [1.54, 1.807) is 6.92 Å². The lowest BCUT2D eigenvalue weighted by Crippen LogP contribution is -2.40. The first-order valence-corrected chi connectivity index (χ1v) is 7.14. The van der Waals surface area contributed by atoms with Crippen LogP contribution in [0.5, 0.6) is 0 Å². The summed E-state index contributed by atoms with van der Waals surface area (Å²) in [6, 6.07) is -0.734. The van der Waals surface area contributed by atoms with Gasteiger partial charge in [-0.15, -0.1) is 0 Å². The van der Waals surface area contributed by atoms with Crippen LogP contribution >= 0.6 is 0 Å². The van der Waals surface area contributed by atoms with Gasteiger partial charge >= 0.3 is 5.97 Å². The molecule has 0 saturated carbocycles. The van der Waals surface area contributed by atoms with Crippen molar-refractivity contribution in [2.45, 2.75) is 77.7 Å². The summed E-state index contributed by atoms with van der Waals surface area (Å²) in [4.78, 5) is 22.2. The van der Waals surface area contributed by atoms with Crippen molar-refractivity contribution in [3.63, 3.8) is 0 Å². The van der Waals surface area contributed by atoms with Gasteiger partial charge in [0.15, 0.2) is 0 Å². The average Bonchev–Trinajstić information content (AvgIpc) is 2.34. The van der Waals surface area contributed by atoms with Crippen LogP contribution in [0.1, 0.15) is 71.6 Å². The van der Waals surface area contributed by atoms with Crippen molar-refractivity contribution in [1.29, 1.82) is 0 Å². The molecule has 0 aliphatic rings. The van der Waals surface area contributed by atoms with E-state index in [-0.39, 0.29) is 5.91 Å². The minimum absolute atomic E-state index is 0.141. The summed E-state index contributed by atoms with van der Waals surface area (Å²) in [6.45, 7) is 3.95. The fraction of sp³-hybridized carbons (Fsp3) is 0.857. The highest BCUT2D eigenvalue weighted by Gasteiger charge is 2.16. The zero-order valence-corrected chi connectivity index (χ0v) is 11.7. The number of carbonyl (C=O) groups excluding carboxylic acids is 1. The minimum Gasteiger partial charge on any atom is -0.480 e. The molecule has 1 amide bonds. The van der Waals surface area contributed by atoms with Gasteiger partial charge in [0, 0.05) is 6.42 Å². The maximum atomic E-state index is 11.5. The van der Waals surface area contributed by atoms with Gasteiger partial charge in [-0.25, -0.2) is 4.79 Å². The highest BCUT2D eigenvalue weighted by molar-refractivity contribution is 5.83. The normalized spacial score (nSPS) is 12.1. The molecule has 4 nitrogen and oxygen atoms in total. The standard InChI is InChI=1S/C14H27NO3/c1-3-5-6-7-8-9-10-11-13(16)15-12(4-2)14(17)18/h12H,3-11H2,1-2H3,(H,15,16)(H,17,18). The largest absolute Gasteiger partial charge is 0.480 e. The fourth-order valence-corrected chi connectivity index (χ4v) is 1.85. The molecule has 106 valence electrons. The van der Waals surface area contributed by atoms with Crippen LogP contribution in [0.15, 0.2) is 0 Å². The van der Waals surface area contributed by atoms with Crippen molar-refractivity contribution in [3.8, 4) is 0 Å². The molecular formula is C14H27NO3. The molecule has 0 saturated heterocycles. The van der Waals surface area contributed by atoms with Crippen LogP contribution in [0.4, 0.5) is 0 Å². The Balaban J connectivity index is 3.50. The third-order valence-electron chi connectivity index (χ3n) is 3.05. The number of carboxylic acid groups (broad SMARTS) is 1. The molecule has 1 atom stereocenters. The Hall–Kier alpha value is -1.06. The third kappa shape index (κ3) is 9.02. The number of aliphatic carboxylic acids is 1. The summed E-state index contributed by atoms with van der Waals surface area (Å²) < 4.78 is 0. The second kappa shape index (κ2) is 11.1. The number of hydrogen-bond donors (Lipinski definition) is 2. The van der Waals surface area contributed by atoms with Crippen LogP contribution in [-0.4, -0.2) is 23.0 Å². The average molecular weight is 257 g/mol. The molecular weight excluding hydrogens is 230 g/mol. The Bertz CT molecular complexity index is 241. The highest BCUT2D eigenvalue weighted by Crippen LogP contribution is 2.08. The molecule has 4 heteroatoms. The Labute approximate surface area is 110 Å². The summed E-state index contributed by atoms with van der Waals surface area (Å²) in [5.74, 6) is -1.09. The van der Waals surface area contributed by atoms with Crippen LogP contribution in [0.25, 0.3) is 0 Å². The monoisotopic (exact) mass is 257 g/mol. The summed E-state index contributed by atoms with van der Waals surface area (Å²) >= 11 is 0. The molecule has 0 aliphatic heterocycles. The maximum Gasteiger partial charge on any atom is 0.326 e. The third-order valence-corrected chi connectivity index (χ3v) is 3.05.